The molecule has 0 aromatic carbocycles. The second kappa shape index (κ2) is 6.10. The van der Waals surface area contributed by atoms with Crippen LogP contribution in [0.3, 0.4) is 0 Å². The van der Waals surface area contributed by atoms with E-state index in [1.165, 1.54) is 32.1 Å². The van der Waals surface area contributed by atoms with E-state index >= 15 is 0 Å². The zero-order valence-corrected chi connectivity index (χ0v) is 12.6. The summed E-state index contributed by atoms with van der Waals surface area (Å²) in [5.74, 6) is 0.716. The molecule has 112 valence electrons. The molecule has 5 heteroatoms. The van der Waals surface area contributed by atoms with Crippen LogP contribution in [0.4, 0.5) is 0 Å². The molecule has 1 saturated heterocycles. The van der Waals surface area contributed by atoms with E-state index in [1.807, 2.05) is 0 Å². The lowest BCUT2D eigenvalue weighted by atomic mass is 9.73. The highest BCUT2D eigenvalue weighted by Gasteiger charge is 2.55. The molecule has 1 spiro atoms. The molecule has 2 aliphatic rings. The molecule has 1 N–H and O–H groups in total. The topological polar surface area (TPSA) is 63.6 Å². The standard InChI is InChI=1S/C14H26O4S/c1-2-3-4-5-6-12-7-9-14(10-8-12)13(11-18-14)19(15,16)17/h12-13H,2-11H2,1H3,(H,15,16,17). The quantitative estimate of drug-likeness (QED) is 0.603. The van der Waals surface area contributed by atoms with Gasteiger partial charge in [0.25, 0.3) is 10.1 Å². The largest absolute Gasteiger partial charge is 0.372 e. The summed E-state index contributed by atoms with van der Waals surface area (Å²) in [4.78, 5) is 0. The molecule has 1 unspecified atom stereocenters. The summed E-state index contributed by atoms with van der Waals surface area (Å²) in [6.45, 7) is 2.38. The van der Waals surface area contributed by atoms with Crippen molar-refractivity contribution < 1.29 is 17.7 Å². The zero-order valence-electron chi connectivity index (χ0n) is 11.8. The van der Waals surface area contributed by atoms with E-state index in [0.717, 1.165) is 25.7 Å². The average molecular weight is 290 g/mol. The maximum absolute atomic E-state index is 11.3. The van der Waals surface area contributed by atoms with E-state index in [2.05, 4.69) is 6.92 Å². The average Bonchev–Trinajstić information content (AvgIpc) is 2.32. The second-order valence-corrected chi connectivity index (χ2v) is 7.77. The highest BCUT2D eigenvalue weighted by atomic mass is 32.2. The molecule has 1 atom stereocenters. The SMILES string of the molecule is CCCCCCC1CCC2(CC1)OCC2S(=O)(=O)O. The van der Waals surface area contributed by atoms with Gasteiger partial charge in [0.1, 0.15) is 5.25 Å². The van der Waals surface area contributed by atoms with Gasteiger partial charge in [0.05, 0.1) is 12.2 Å². The Kier molecular flexibility index (Phi) is 4.90. The van der Waals surface area contributed by atoms with Crippen LogP contribution in [0.2, 0.25) is 0 Å². The van der Waals surface area contributed by atoms with Gasteiger partial charge in [-0.2, -0.15) is 8.42 Å². The van der Waals surface area contributed by atoms with Gasteiger partial charge < -0.3 is 4.74 Å². The van der Waals surface area contributed by atoms with Gasteiger partial charge in [-0.1, -0.05) is 39.0 Å². The Hall–Kier alpha value is -0.130. The maximum Gasteiger partial charge on any atom is 0.272 e. The Morgan fingerprint density at radius 2 is 1.89 bits per heavy atom. The van der Waals surface area contributed by atoms with E-state index in [-0.39, 0.29) is 6.61 Å². The predicted molar refractivity (Wildman–Crippen MR) is 74.7 cm³/mol. The van der Waals surface area contributed by atoms with Crippen molar-refractivity contribution in [3.05, 3.63) is 0 Å². The minimum atomic E-state index is -3.94. The maximum atomic E-state index is 11.3. The molecule has 0 aromatic rings. The van der Waals surface area contributed by atoms with Crippen LogP contribution in [0.15, 0.2) is 0 Å². The van der Waals surface area contributed by atoms with E-state index < -0.39 is 21.0 Å². The molecule has 0 radical (unpaired) electrons. The van der Waals surface area contributed by atoms with Crippen LogP contribution in [-0.2, 0) is 14.9 Å². The fraction of sp³-hybridized carbons (Fsp3) is 1.00. The third-order valence-electron chi connectivity index (χ3n) is 4.89. The highest BCUT2D eigenvalue weighted by molar-refractivity contribution is 7.86. The normalized spacial score (nSPS) is 35.3. The van der Waals surface area contributed by atoms with Crippen molar-refractivity contribution in [1.82, 2.24) is 0 Å². The third-order valence-corrected chi connectivity index (χ3v) is 6.17. The Morgan fingerprint density at radius 3 is 2.37 bits per heavy atom. The fourth-order valence-corrected chi connectivity index (χ4v) is 4.61. The zero-order chi connectivity index (χ0) is 13.9. The third kappa shape index (κ3) is 3.50. The molecule has 1 heterocycles. The minimum absolute atomic E-state index is 0.167. The number of rotatable bonds is 6. The van der Waals surface area contributed by atoms with Gasteiger partial charge in [-0.25, -0.2) is 0 Å². The molecule has 2 rings (SSSR count). The van der Waals surface area contributed by atoms with Crippen molar-refractivity contribution in [2.75, 3.05) is 6.61 Å². The van der Waals surface area contributed by atoms with Crippen LogP contribution >= 0.6 is 0 Å². The molecule has 1 aliphatic heterocycles. The Morgan fingerprint density at radius 1 is 1.21 bits per heavy atom. The minimum Gasteiger partial charge on any atom is -0.372 e. The van der Waals surface area contributed by atoms with Crippen molar-refractivity contribution in [2.45, 2.75) is 75.6 Å². The first-order valence-corrected chi connectivity index (χ1v) is 9.08. The van der Waals surface area contributed by atoms with Gasteiger partial charge in [-0.3, -0.25) is 4.55 Å². The molecule has 2 fully saturated rings. The summed E-state index contributed by atoms with van der Waals surface area (Å²) in [5.41, 5.74) is -0.562. The first kappa shape index (κ1) is 15.3. The van der Waals surface area contributed by atoms with E-state index in [0.29, 0.717) is 5.92 Å². The molecule has 0 aromatic heterocycles. The van der Waals surface area contributed by atoms with Gasteiger partial charge in [0.2, 0.25) is 0 Å². The van der Waals surface area contributed by atoms with Crippen molar-refractivity contribution in [3.8, 4) is 0 Å². The molecule has 0 bridgehead atoms. The molecular weight excluding hydrogens is 264 g/mol. The van der Waals surface area contributed by atoms with Crippen LogP contribution in [0.5, 0.6) is 0 Å². The predicted octanol–water partition coefficient (Wildman–Crippen LogP) is 3.17. The second-order valence-electron chi connectivity index (χ2n) is 6.17. The molecule has 0 amide bonds. The molecule has 1 aliphatic carbocycles. The molecule has 1 saturated carbocycles. The lowest BCUT2D eigenvalue weighted by molar-refractivity contribution is -0.166. The fourth-order valence-electron chi connectivity index (χ4n) is 3.53. The summed E-state index contributed by atoms with van der Waals surface area (Å²) in [7, 11) is -3.94. The molecule has 19 heavy (non-hydrogen) atoms. The summed E-state index contributed by atoms with van der Waals surface area (Å²) in [6, 6.07) is 0. The summed E-state index contributed by atoms with van der Waals surface area (Å²) < 4.78 is 37.3. The van der Waals surface area contributed by atoms with Crippen LogP contribution in [0.25, 0.3) is 0 Å². The van der Waals surface area contributed by atoms with E-state index in [9.17, 15) is 13.0 Å². The van der Waals surface area contributed by atoms with E-state index in [4.69, 9.17) is 4.74 Å². The highest BCUT2D eigenvalue weighted by Crippen LogP contribution is 2.46. The smallest absolute Gasteiger partial charge is 0.272 e. The van der Waals surface area contributed by atoms with Crippen LogP contribution in [-0.4, -0.2) is 30.4 Å². The van der Waals surface area contributed by atoms with E-state index in [1.54, 1.807) is 0 Å². The summed E-state index contributed by atoms with van der Waals surface area (Å²) in [6.07, 6.45) is 10.1. The number of hydrogen-bond acceptors (Lipinski definition) is 3. The monoisotopic (exact) mass is 290 g/mol. The molecular formula is C14H26O4S. The van der Waals surface area contributed by atoms with Gasteiger partial charge in [-0.15, -0.1) is 0 Å². The van der Waals surface area contributed by atoms with Crippen LogP contribution in [0, 0.1) is 5.92 Å². The first-order valence-electron chi connectivity index (χ1n) is 7.58. The Bertz CT molecular complexity index is 382. The molecule has 4 nitrogen and oxygen atoms in total. The van der Waals surface area contributed by atoms with Crippen molar-refractivity contribution >= 4 is 10.1 Å². The van der Waals surface area contributed by atoms with Crippen LogP contribution < -0.4 is 0 Å². The van der Waals surface area contributed by atoms with Gasteiger partial charge in [0.15, 0.2) is 0 Å². The summed E-state index contributed by atoms with van der Waals surface area (Å²) >= 11 is 0. The number of hydrogen-bond donors (Lipinski definition) is 1. The van der Waals surface area contributed by atoms with Gasteiger partial charge in [0, 0.05) is 0 Å². The number of ether oxygens (including phenoxy) is 1. The van der Waals surface area contributed by atoms with Gasteiger partial charge >= 0.3 is 0 Å². The van der Waals surface area contributed by atoms with Gasteiger partial charge in [-0.05, 0) is 31.6 Å². The Labute approximate surface area is 116 Å². The summed E-state index contributed by atoms with van der Waals surface area (Å²) in [5, 5.41) is -0.680. The number of unbranched alkanes of at least 4 members (excludes halogenated alkanes) is 3. The van der Waals surface area contributed by atoms with Crippen molar-refractivity contribution in [2.24, 2.45) is 5.92 Å². The lowest BCUT2D eigenvalue weighted by Crippen LogP contribution is -2.62. The first-order chi connectivity index (χ1) is 8.98. The van der Waals surface area contributed by atoms with Crippen molar-refractivity contribution in [3.63, 3.8) is 0 Å². The Balaban J connectivity index is 1.76. The van der Waals surface area contributed by atoms with Crippen molar-refractivity contribution in [1.29, 1.82) is 0 Å². The lowest BCUT2D eigenvalue weighted by Gasteiger charge is -2.51. The van der Waals surface area contributed by atoms with Crippen LogP contribution in [0.1, 0.15) is 64.7 Å².